The van der Waals surface area contributed by atoms with Crippen LogP contribution in [0.3, 0.4) is 0 Å². The first-order valence-corrected chi connectivity index (χ1v) is 5.60. The molecule has 0 aromatic carbocycles. The van der Waals surface area contributed by atoms with Gasteiger partial charge in [-0.3, -0.25) is 4.79 Å². The Balaban J connectivity index is 2.93. The average molecular weight is 229 g/mol. The van der Waals surface area contributed by atoms with Crippen molar-refractivity contribution in [3.05, 3.63) is 0 Å². The molecule has 5 nitrogen and oxygen atoms in total. The van der Waals surface area contributed by atoms with Crippen LogP contribution in [-0.4, -0.2) is 35.2 Å². The summed E-state index contributed by atoms with van der Waals surface area (Å²) in [5.74, 6) is -0.877. The van der Waals surface area contributed by atoms with Gasteiger partial charge in [-0.2, -0.15) is 0 Å². The maximum Gasteiger partial charge on any atom is 0.334 e. The molecule has 1 aliphatic rings. The Hall–Kier alpha value is -1.10. The maximum absolute atomic E-state index is 11.9. The third kappa shape index (κ3) is 2.19. The molecule has 1 saturated heterocycles. The number of rotatable bonds is 4. The first kappa shape index (κ1) is 13.0. The van der Waals surface area contributed by atoms with Crippen LogP contribution in [0.1, 0.15) is 33.6 Å². The Labute approximate surface area is 95.2 Å². The Bertz CT molecular complexity index is 290. The highest BCUT2D eigenvalue weighted by Crippen LogP contribution is 2.29. The molecule has 1 amide bonds. The third-order valence-corrected chi connectivity index (χ3v) is 2.88. The van der Waals surface area contributed by atoms with Crippen molar-refractivity contribution in [3.8, 4) is 0 Å². The van der Waals surface area contributed by atoms with Gasteiger partial charge in [-0.1, -0.05) is 13.8 Å². The highest BCUT2D eigenvalue weighted by molar-refractivity contribution is 5.92. The number of ether oxygens (including phenoxy) is 1. The van der Waals surface area contributed by atoms with E-state index in [0.717, 1.165) is 0 Å². The number of nitrogens with one attached hydrogen (secondary N) is 1. The van der Waals surface area contributed by atoms with Gasteiger partial charge in [-0.05, 0) is 19.3 Å². The van der Waals surface area contributed by atoms with Gasteiger partial charge in [0.1, 0.15) is 0 Å². The van der Waals surface area contributed by atoms with Crippen molar-refractivity contribution in [1.29, 1.82) is 0 Å². The first-order valence-electron chi connectivity index (χ1n) is 5.60. The number of aliphatic hydroxyl groups is 1. The van der Waals surface area contributed by atoms with Gasteiger partial charge in [0.15, 0.2) is 5.54 Å². The van der Waals surface area contributed by atoms with Crippen molar-refractivity contribution in [3.63, 3.8) is 0 Å². The van der Waals surface area contributed by atoms with Crippen LogP contribution in [0.15, 0.2) is 0 Å². The molecule has 16 heavy (non-hydrogen) atoms. The lowest BCUT2D eigenvalue weighted by Gasteiger charge is -2.33. The Morgan fingerprint density at radius 1 is 1.62 bits per heavy atom. The van der Waals surface area contributed by atoms with Crippen LogP contribution < -0.4 is 5.32 Å². The fourth-order valence-corrected chi connectivity index (χ4v) is 2.01. The van der Waals surface area contributed by atoms with Crippen molar-refractivity contribution in [2.24, 2.45) is 5.92 Å². The zero-order valence-corrected chi connectivity index (χ0v) is 9.95. The van der Waals surface area contributed by atoms with E-state index in [2.05, 4.69) is 5.32 Å². The molecular formula is C11H19NO4. The minimum Gasteiger partial charge on any atom is -0.464 e. The fourth-order valence-electron chi connectivity index (χ4n) is 2.01. The standard InChI is InChI=1S/C11H19NO4/c1-4-16-10(15)11(9(14)7(2)3)6-5-8(13)12-11/h7,9,14H,4-6H2,1-3H3,(H,12,13)/t9-,11-/m0/s1. The lowest BCUT2D eigenvalue weighted by atomic mass is 9.84. The number of carbonyl (C=O) groups excluding carboxylic acids is 2. The second-order valence-electron chi connectivity index (χ2n) is 4.43. The van der Waals surface area contributed by atoms with Crippen molar-refractivity contribution in [1.82, 2.24) is 5.32 Å². The Kier molecular flexibility index (Phi) is 3.91. The van der Waals surface area contributed by atoms with Crippen LogP contribution in [0.4, 0.5) is 0 Å². The van der Waals surface area contributed by atoms with E-state index in [1.165, 1.54) is 0 Å². The summed E-state index contributed by atoms with van der Waals surface area (Å²) in [6.45, 7) is 5.54. The van der Waals surface area contributed by atoms with Crippen molar-refractivity contribution in [2.45, 2.75) is 45.3 Å². The van der Waals surface area contributed by atoms with Gasteiger partial charge in [0.05, 0.1) is 12.7 Å². The predicted molar refractivity (Wildman–Crippen MR) is 57.6 cm³/mol. The molecule has 5 heteroatoms. The number of aliphatic hydroxyl groups excluding tert-OH is 1. The van der Waals surface area contributed by atoms with E-state index in [1.807, 2.05) is 0 Å². The van der Waals surface area contributed by atoms with Gasteiger partial charge in [0.2, 0.25) is 5.91 Å². The molecular weight excluding hydrogens is 210 g/mol. The molecule has 0 aromatic rings. The zero-order chi connectivity index (χ0) is 12.3. The number of esters is 1. The lowest BCUT2D eigenvalue weighted by Crippen LogP contribution is -2.60. The number of hydrogen-bond acceptors (Lipinski definition) is 4. The molecule has 1 heterocycles. The molecule has 0 aromatic heterocycles. The first-order chi connectivity index (χ1) is 7.44. The van der Waals surface area contributed by atoms with E-state index < -0.39 is 17.6 Å². The molecule has 0 radical (unpaired) electrons. The molecule has 1 rings (SSSR count). The van der Waals surface area contributed by atoms with E-state index in [1.54, 1.807) is 20.8 Å². The zero-order valence-electron chi connectivity index (χ0n) is 9.95. The number of hydrogen-bond donors (Lipinski definition) is 2. The molecule has 92 valence electrons. The van der Waals surface area contributed by atoms with Crippen molar-refractivity contribution in [2.75, 3.05) is 6.61 Å². The summed E-state index contributed by atoms with van der Waals surface area (Å²) >= 11 is 0. The van der Waals surface area contributed by atoms with Crippen molar-refractivity contribution >= 4 is 11.9 Å². The second kappa shape index (κ2) is 4.82. The van der Waals surface area contributed by atoms with Crippen molar-refractivity contribution < 1.29 is 19.4 Å². The predicted octanol–water partition coefficient (Wildman–Crippen LogP) is 0.215. The Morgan fingerprint density at radius 2 is 2.25 bits per heavy atom. The molecule has 0 unspecified atom stereocenters. The monoisotopic (exact) mass is 229 g/mol. The normalized spacial score (nSPS) is 26.7. The van der Waals surface area contributed by atoms with Gasteiger partial charge in [0.25, 0.3) is 0 Å². The summed E-state index contributed by atoms with van der Waals surface area (Å²) in [6.07, 6.45) is -0.370. The summed E-state index contributed by atoms with van der Waals surface area (Å²) in [5.41, 5.74) is -1.25. The fraction of sp³-hybridized carbons (Fsp3) is 0.818. The van der Waals surface area contributed by atoms with Gasteiger partial charge < -0.3 is 15.2 Å². The van der Waals surface area contributed by atoms with E-state index in [4.69, 9.17) is 4.74 Å². The van der Waals surface area contributed by atoms with E-state index in [0.29, 0.717) is 6.42 Å². The highest BCUT2D eigenvalue weighted by atomic mass is 16.5. The summed E-state index contributed by atoms with van der Waals surface area (Å²) < 4.78 is 4.94. The van der Waals surface area contributed by atoms with E-state index in [-0.39, 0.29) is 24.9 Å². The molecule has 0 bridgehead atoms. The van der Waals surface area contributed by atoms with Crippen LogP contribution in [0, 0.1) is 5.92 Å². The molecule has 1 fully saturated rings. The highest BCUT2D eigenvalue weighted by Gasteiger charge is 2.52. The maximum atomic E-state index is 11.9. The summed E-state index contributed by atoms with van der Waals surface area (Å²) in [4.78, 5) is 23.1. The minimum atomic E-state index is -1.25. The summed E-state index contributed by atoms with van der Waals surface area (Å²) in [6, 6.07) is 0. The van der Waals surface area contributed by atoms with E-state index >= 15 is 0 Å². The SMILES string of the molecule is CCOC(=O)[C@@]1([C@@H](O)C(C)C)CCC(=O)N1. The second-order valence-corrected chi connectivity index (χ2v) is 4.43. The lowest BCUT2D eigenvalue weighted by molar-refractivity contribution is -0.158. The van der Waals surface area contributed by atoms with Crippen LogP contribution in [0.25, 0.3) is 0 Å². The molecule has 0 saturated carbocycles. The largest absolute Gasteiger partial charge is 0.464 e. The van der Waals surface area contributed by atoms with Gasteiger partial charge in [-0.15, -0.1) is 0 Å². The minimum absolute atomic E-state index is 0.122. The number of amides is 1. The Morgan fingerprint density at radius 3 is 2.62 bits per heavy atom. The summed E-state index contributed by atoms with van der Waals surface area (Å²) in [7, 11) is 0. The molecule has 2 N–H and O–H groups in total. The van der Waals surface area contributed by atoms with Crippen LogP contribution in [0.5, 0.6) is 0 Å². The average Bonchev–Trinajstić information content (AvgIpc) is 2.61. The quantitative estimate of drug-likeness (QED) is 0.676. The van der Waals surface area contributed by atoms with E-state index in [9.17, 15) is 14.7 Å². The molecule has 0 aliphatic carbocycles. The van der Waals surface area contributed by atoms with Crippen LogP contribution in [-0.2, 0) is 14.3 Å². The number of carbonyl (C=O) groups is 2. The van der Waals surface area contributed by atoms with Crippen LogP contribution in [0.2, 0.25) is 0 Å². The molecule has 0 spiro atoms. The molecule has 2 atom stereocenters. The van der Waals surface area contributed by atoms with Gasteiger partial charge in [-0.25, -0.2) is 4.79 Å². The van der Waals surface area contributed by atoms with Crippen LogP contribution >= 0.6 is 0 Å². The topological polar surface area (TPSA) is 75.6 Å². The smallest absolute Gasteiger partial charge is 0.334 e. The third-order valence-electron chi connectivity index (χ3n) is 2.88. The molecule has 1 aliphatic heterocycles. The summed E-state index contributed by atoms with van der Waals surface area (Å²) in [5, 5.41) is 12.6. The van der Waals surface area contributed by atoms with Gasteiger partial charge in [0, 0.05) is 6.42 Å². The van der Waals surface area contributed by atoms with Gasteiger partial charge >= 0.3 is 5.97 Å².